The molecule has 1 amide bonds. The van der Waals surface area contributed by atoms with Gasteiger partial charge in [0, 0.05) is 25.1 Å². The summed E-state index contributed by atoms with van der Waals surface area (Å²) in [5.74, 6) is 0.317. The first-order valence-corrected chi connectivity index (χ1v) is 6.04. The van der Waals surface area contributed by atoms with Crippen molar-refractivity contribution in [3.05, 3.63) is 35.4 Å². The van der Waals surface area contributed by atoms with E-state index in [-0.39, 0.29) is 11.7 Å². The minimum Gasteiger partial charge on any atom is -0.338 e. The van der Waals surface area contributed by atoms with Crippen LogP contribution in [0.15, 0.2) is 24.3 Å². The van der Waals surface area contributed by atoms with Crippen molar-refractivity contribution in [2.45, 2.75) is 32.7 Å². The zero-order valence-electron chi connectivity index (χ0n) is 10.1. The fourth-order valence-electron chi connectivity index (χ4n) is 2.09. The van der Waals surface area contributed by atoms with Crippen LogP contribution >= 0.6 is 0 Å². The van der Waals surface area contributed by atoms with Crippen LogP contribution in [0.2, 0.25) is 0 Å². The molecule has 1 heterocycles. The average molecular weight is 231 g/mol. The van der Waals surface area contributed by atoms with E-state index in [4.69, 9.17) is 0 Å². The summed E-state index contributed by atoms with van der Waals surface area (Å²) in [5, 5.41) is 0. The van der Waals surface area contributed by atoms with Gasteiger partial charge in [0.15, 0.2) is 5.78 Å². The largest absolute Gasteiger partial charge is 0.338 e. The summed E-state index contributed by atoms with van der Waals surface area (Å²) in [6, 6.07) is 7.51. The third-order valence-corrected chi connectivity index (χ3v) is 3.16. The van der Waals surface area contributed by atoms with Crippen molar-refractivity contribution >= 4 is 11.7 Å². The lowest BCUT2D eigenvalue weighted by atomic mass is 10.1. The van der Waals surface area contributed by atoms with Crippen molar-refractivity contribution in [2.75, 3.05) is 6.54 Å². The molecule has 90 valence electrons. The van der Waals surface area contributed by atoms with E-state index >= 15 is 0 Å². The van der Waals surface area contributed by atoms with Gasteiger partial charge in [0.05, 0.1) is 0 Å². The third kappa shape index (κ3) is 2.93. The van der Waals surface area contributed by atoms with E-state index in [0.29, 0.717) is 13.0 Å². The molecule has 1 saturated heterocycles. The molecule has 0 aliphatic carbocycles. The maximum absolute atomic E-state index is 11.6. The molecule has 3 nitrogen and oxygen atoms in total. The Hall–Kier alpha value is -1.64. The molecule has 2 rings (SSSR count). The van der Waals surface area contributed by atoms with E-state index in [1.165, 1.54) is 0 Å². The number of carbonyl (C=O) groups is 2. The molecule has 0 aromatic heterocycles. The lowest BCUT2D eigenvalue weighted by Crippen LogP contribution is -2.34. The first-order valence-electron chi connectivity index (χ1n) is 6.04. The van der Waals surface area contributed by atoms with Crippen LogP contribution in [0, 0.1) is 0 Å². The molecule has 1 aliphatic heterocycles. The predicted molar refractivity (Wildman–Crippen MR) is 65.7 cm³/mol. The number of benzene rings is 1. The Bertz CT molecular complexity index is 422. The maximum Gasteiger partial charge on any atom is 0.222 e. The number of piperidine rings is 1. The minimum absolute atomic E-state index is 0.0746. The van der Waals surface area contributed by atoms with Crippen LogP contribution in [0.1, 0.15) is 42.1 Å². The van der Waals surface area contributed by atoms with E-state index in [0.717, 1.165) is 30.5 Å². The number of amides is 1. The summed E-state index contributed by atoms with van der Waals surface area (Å²) < 4.78 is 0. The topological polar surface area (TPSA) is 37.4 Å². The highest BCUT2D eigenvalue weighted by Gasteiger charge is 2.17. The quantitative estimate of drug-likeness (QED) is 0.749. The van der Waals surface area contributed by atoms with Crippen LogP contribution in [0.25, 0.3) is 0 Å². The molecule has 0 unspecified atom stereocenters. The number of hydrogen-bond donors (Lipinski definition) is 0. The molecule has 1 aromatic carbocycles. The molecule has 0 N–H and O–H groups in total. The van der Waals surface area contributed by atoms with Gasteiger partial charge >= 0.3 is 0 Å². The molecule has 0 saturated carbocycles. The highest BCUT2D eigenvalue weighted by atomic mass is 16.2. The van der Waals surface area contributed by atoms with E-state index in [9.17, 15) is 9.59 Å². The molecule has 0 atom stereocenters. The Morgan fingerprint density at radius 3 is 2.53 bits per heavy atom. The zero-order valence-corrected chi connectivity index (χ0v) is 10.1. The summed E-state index contributed by atoms with van der Waals surface area (Å²) in [4.78, 5) is 24.7. The van der Waals surface area contributed by atoms with Crippen LogP contribution in [0.3, 0.4) is 0 Å². The Labute approximate surface area is 101 Å². The first-order chi connectivity index (χ1) is 8.16. The number of likely N-dealkylation sites (tertiary alicyclic amines) is 1. The summed E-state index contributed by atoms with van der Waals surface area (Å²) in [6.07, 6.45) is 2.78. The van der Waals surface area contributed by atoms with Crippen LogP contribution in [-0.2, 0) is 11.3 Å². The lowest BCUT2D eigenvalue weighted by molar-refractivity contribution is -0.133. The zero-order chi connectivity index (χ0) is 12.3. The Morgan fingerprint density at radius 2 is 1.94 bits per heavy atom. The van der Waals surface area contributed by atoms with Gasteiger partial charge in [0.2, 0.25) is 5.91 Å². The second-order valence-corrected chi connectivity index (χ2v) is 4.53. The molecule has 1 aliphatic rings. The fourth-order valence-corrected chi connectivity index (χ4v) is 2.09. The van der Waals surface area contributed by atoms with Gasteiger partial charge in [-0.15, -0.1) is 0 Å². The van der Waals surface area contributed by atoms with E-state index in [1.807, 2.05) is 29.2 Å². The fraction of sp³-hybridized carbons (Fsp3) is 0.429. The number of Topliss-reactive ketones (excluding diaryl/α,β-unsaturated/α-hetero) is 1. The van der Waals surface area contributed by atoms with Crippen LogP contribution in [-0.4, -0.2) is 23.1 Å². The molecule has 3 heteroatoms. The van der Waals surface area contributed by atoms with E-state index in [2.05, 4.69) is 0 Å². The van der Waals surface area contributed by atoms with Crippen molar-refractivity contribution in [1.82, 2.24) is 4.90 Å². The average Bonchev–Trinajstić information content (AvgIpc) is 2.33. The number of rotatable bonds is 3. The van der Waals surface area contributed by atoms with Gasteiger partial charge in [0.25, 0.3) is 0 Å². The Kier molecular flexibility index (Phi) is 3.57. The van der Waals surface area contributed by atoms with Crippen molar-refractivity contribution < 1.29 is 9.59 Å². The second-order valence-electron chi connectivity index (χ2n) is 4.53. The molecule has 0 radical (unpaired) electrons. The summed E-state index contributed by atoms with van der Waals surface area (Å²) >= 11 is 0. The number of hydrogen-bond acceptors (Lipinski definition) is 2. The highest BCUT2D eigenvalue weighted by molar-refractivity contribution is 5.94. The van der Waals surface area contributed by atoms with Gasteiger partial charge in [-0.3, -0.25) is 9.59 Å². The van der Waals surface area contributed by atoms with Crippen LogP contribution < -0.4 is 0 Å². The van der Waals surface area contributed by atoms with Gasteiger partial charge < -0.3 is 4.90 Å². The standard InChI is InChI=1S/C14H17NO2/c1-11(16)13-7-5-12(6-8-13)10-15-9-3-2-4-14(15)17/h5-8H,2-4,9-10H2,1H3. The van der Waals surface area contributed by atoms with Crippen molar-refractivity contribution in [1.29, 1.82) is 0 Å². The first kappa shape index (κ1) is 11.8. The number of ketones is 1. The van der Waals surface area contributed by atoms with Crippen LogP contribution in [0.4, 0.5) is 0 Å². The molecular weight excluding hydrogens is 214 g/mol. The molecule has 1 fully saturated rings. The summed E-state index contributed by atoms with van der Waals surface area (Å²) in [5.41, 5.74) is 1.81. The smallest absolute Gasteiger partial charge is 0.222 e. The Balaban J connectivity index is 2.03. The molecular formula is C14H17NO2. The van der Waals surface area contributed by atoms with E-state index in [1.54, 1.807) is 6.92 Å². The lowest BCUT2D eigenvalue weighted by Gasteiger charge is -2.26. The number of nitrogens with zero attached hydrogens (tertiary/aromatic N) is 1. The van der Waals surface area contributed by atoms with Crippen molar-refractivity contribution in [2.24, 2.45) is 0 Å². The van der Waals surface area contributed by atoms with E-state index < -0.39 is 0 Å². The van der Waals surface area contributed by atoms with Gasteiger partial charge in [0.1, 0.15) is 0 Å². The number of carbonyl (C=O) groups excluding carboxylic acids is 2. The van der Waals surface area contributed by atoms with Gasteiger partial charge in [-0.2, -0.15) is 0 Å². The maximum atomic E-state index is 11.6. The summed E-state index contributed by atoms with van der Waals surface area (Å²) in [7, 11) is 0. The molecule has 17 heavy (non-hydrogen) atoms. The van der Waals surface area contributed by atoms with Gasteiger partial charge in [-0.25, -0.2) is 0 Å². The van der Waals surface area contributed by atoms with Crippen LogP contribution in [0.5, 0.6) is 0 Å². The van der Waals surface area contributed by atoms with Crippen molar-refractivity contribution in [3.63, 3.8) is 0 Å². The normalized spacial score (nSPS) is 16.1. The predicted octanol–water partition coefficient (Wildman–Crippen LogP) is 2.40. The highest BCUT2D eigenvalue weighted by Crippen LogP contribution is 2.15. The van der Waals surface area contributed by atoms with Crippen molar-refractivity contribution in [3.8, 4) is 0 Å². The van der Waals surface area contributed by atoms with Gasteiger partial charge in [-0.05, 0) is 25.3 Å². The molecule has 1 aromatic rings. The Morgan fingerprint density at radius 1 is 1.24 bits per heavy atom. The molecule has 0 spiro atoms. The third-order valence-electron chi connectivity index (χ3n) is 3.16. The SMILES string of the molecule is CC(=O)c1ccc(CN2CCCCC2=O)cc1. The summed E-state index contributed by atoms with van der Waals surface area (Å²) in [6.45, 7) is 3.08. The second kappa shape index (κ2) is 5.13. The monoisotopic (exact) mass is 231 g/mol. The minimum atomic E-state index is 0.0746. The molecule has 0 bridgehead atoms. The van der Waals surface area contributed by atoms with Gasteiger partial charge in [-0.1, -0.05) is 24.3 Å².